The van der Waals surface area contributed by atoms with Gasteiger partial charge in [0.15, 0.2) is 0 Å². The van der Waals surface area contributed by atoms with E-state index in [0.29, 0.717) is 17.5 Å². The molecular weight excluding hydrogens is 350 g/mol. The van der Waals surface area contributed by atoms with Gasteiger partial charge >= 0.3 is 0 Å². The first-order valence-electron chi connectivity index (χ1n) is 10.9. The molecular formula is C23H37N3O2. The molecule has 0 aromatic carbocycles. The summed E-state index contributed by atoms with van der Waals surface area (Å²) >= 11 is 0. The van der Waals surface area contributed by atoms with Gasteiger partial charge in [-0.05, 0) is 68.2 Å². The molecule has 4 unspecified atom stereocenters. The molecule has 28 heavy (non-hydrogen) atoms. The number of hydrogen-bond donors (Lipinski definition) is 1. The van der Waals surface area contributed by atoms with Crippen LogP contribution in [0.4, 0.5) is 0 Å². The lowest BCUT2D eigenvalue weighted by molar-refractivity contribution is -0.132. The second-order valence-electron chi connectivity index (χ2n) is 9.33. The van der Waals surface area contributed by atoms with Gasteiger partial charge in [-0.25, -0.2) is 0 Å². The van der Waals surface area contributed by atoms with Crippen molar-refractivity contribution >= 4 is 5.91 Å². The summed E-state index contributed by atoms with van der Waals surface area (Å²) in [6.07, 6.45) is 9.26. The second kappa shape index (κ2) is 8.91. The molecule has 2 aliphatic carbocycles. The summed E-state index contributed by atoms with van der Waals surface area (Å²) < 4.78 is 6.31. The summed E-state index contributed by atoms with van der Waals surface area (Å²) in [4.78, 5) is 18.4. The third-order valence-corrected chi connectivity index (χ3v) is 7.24. The number of amides is 1. The van der Waals surface area contributed by atoms with E-state index in [9.17, 15) is 4.79 Å². The Morgan fingerprint density at radius 2 is 2.07 bits per heavy atom. The lowest BCUT2D eigenvalue weighted by Crippen LogP contribution is -2.50. The summed E-state index contributed by atoms with van der Waals surface area (Å²) in [5, 5.41) is 0. The van der Waals surface area contributed by atoms with Gasteiger partial charge in [0.25, 0.3) is 5.91 Å². The van der Waals surface area contributed by atoms with Crippen molar-refractivity contribution in [3.8, 4) is 0 Å². The van der Waals surface area contributed by atoms with Crippen molar-refractivity contribution in [1.29, 1.82) is 0 Å². The SMILES string of the molecule is COC1(c2ccnc(C(N)=O)c2)C(C)CCCC1CN(C)C[C@@H]1CCC(C)C1. The lowest BCUT2D eigenvalue weighted by atomic mass is 9.65. The predicted octanol–water partition coefficient (Wildman–Crippen LogP) is 3.83. The van der Waals surface area contributed by atoms with Gasteiger partial charge in [-0.3, -0.25) is 9.78 Å². The third-order valence-electron chi connectivity index (χ3n) is 7.24. The highest BCUT2D eigenvalue weighted by molar-refractivity contribution is 5.90. The Bertz CT molecular complexity index is 680. The average Bonchev–Trinajstić information content (AvgIpc) is 3.07. The minimum atomic E-state index is -0.486. The van der Waals surface area contributed by atoms with Gasteiger partial charge in [-0.2, -0.15) is 0 Å². The summed E-state index contributed by atoms with van der Waals surface area (Å²) in [5.74, 6) is 1.96. The average molecular weight is 388 g/mol. The van der Waals surface area contributed by atoms with E-state index in [2.05, 4.69) is 30.8 Å². The zero-order valence-electron chi connectivity index (χ0n) is 18.0. The molecule has 2 saturated carbocycles. The summed E-state index contributed by atoms with van der Waals surface area (Å²) in [5.41, 5.74) is 6.46. The van der Waals surface area contributed by atoms with Crippen LogP contribution in [0, 0.1) is 23.7 Å². The van der Waals surface area contributed by atoms with E-state index in [1.54, 1.807) is 6.20 Å². The normalized spacial score (nSPS) is 33.3. The zero-order chi connectivity index (χ0) is 20.3. The van der Waals surface area contributed by atoms with Crippen LogP contribution in [0.15, 0.2) is 18.3 Å². The van der Waals surface area contributed by atoms with Gasteiger partial charge in [0.05, 0.1) is 5.60 Å². The molecule has 2 aliphatic rings. The molecule has 3 rings (SSSR count). The van der Waals surface area contributed by atoms with E-state index in [0.717, 1.165) is 43.3 Å². The van der Waals surface area contributed by atoms with Crippen LogP contribution < -0.4 is 5.73 Å². The van der Waals surface area contributed by atoms with Gasteiger partial charge in [0, 0.05) is 32.3 Å². The molecule has 1 heterocycles. The van der Waals surface area contributed by atoms with Crippen LogP contribution in [0.2, 0.25) is 0 Å². The number of primary amides is 1. The number of rotatable bonds is 7. The van der Waals surface area contributed by atoms with Crippen molar-refractivity contribution < 1.29 is 9.53 Å². The molecule has 156 valence electrons. The van der Waals surface area contributed by atoms with Gasteiger partial charge < -0.3 is 15.4 Å². The molecule has 0 radical (unpaired) electrons. The van der Waals surface area contributed by atoms with Gasteiger partial charge in [0.2, 0.25) is 0 Å². The summed E-state index contributed by atoms with van der Waals surface area (Å²) in [7, 11) is 4.07. The monoisotopic (exact) mass is 387 g/mol. The first-order chi connectivity index (χ1) is 13.4. The molecule has 0 saturated heterocycles. The van der Waals surface area contributed by atoms with E-state index >= 15 is 0 Å². The number of ether oxygens (including phenoxy) is 1. The molecule has 0 bridgehead atoms. The van der Waals surface area contributed by atoms with E-state index in [4.69, 9.17) is 10.5 Å². The molecule has 1 aromatic rings. The van der Waals surface area contributed by atoms with Crippen molar-refractivity contribution in [3.63, 3.8) is 0 Å². The maximum Gasteiger partial charge on any atom is 0.267 e. The number of aromatic nitrogens is 1. The molecule has 5 heteroatoms. The fourth-order valence-electron chi connectivity index (χ4n) is 5.93. The zero-order valence-corrected chi connectivity index (χ0v) is 18.0. The maximum atomic E-state index is 11.7. The Morgan fingerprint density at radius 3 is 2.71 bits per heavy atom. The van der Waals surface area contributed by atoms with Crippen LogP contribution in [0.3, 0.4) is 0 Å². The molecule has 5 nitrogen and oxygen atoms in total. The summed E-state index contributed by atoms with van der Waals surface area (Å²) in [6.45, 7) is 6.83. The topological polar surface area (TPSA) is 68.5 Å². The van der Waals surface area contributed by atoms with E-state index < -0.39 is 11.5 Å². The lowest BCUT2D eigenvalue weighted by Gasteiger charge is -2.49. The quantitative estimate of drug-likeness (QED) is 0.772. The standard InChI is InChI=1S/C23H37N3O2/c1-16-8-9-18(12-16)14-26(3)15-20-7-5-6-17(2)23(20,28-4)19-10-11-25-21(13-19)22(24)27/h10-11,13,16-18,20H,5-9,12,14-15H2,1-4H3,(H2,24,27)/t16?,17?,18-,20?,23?/m1/s1. The molecule has 0 aliphatic heterocycles. The van der Waals surface area contributed by atoms with Crippen molar-refractivity contribution in [1.82, 2.24) is 9.88 Å². The Labute approximate surface area is 170 Å². The predicted molar refractivity (Wildman–Crippen MR) is 112 cm³/mol. The maximum absolute atomic E-state index is 11.7. The molecule has 2 N–H and O–H groups in total. The highest BCUT2D eigenvalue weighted by Gasteiger charge is 2.48. The van der Waals surface area contributed by atoms with Gasteiger partial charge in [-0.15, -0.1) is 0 Å². The van der Waals surface area contributed by atoms with Crippen LogP contribution in [-0.4, -0.2) is 43.0 Å². The number of hydrogen-bond acceptors (Lipinski definition) is 4. The van der Waals surface area contributed by atoms with Crippen molar-refractivity contribution in [2.45, 2.75) is 58.0 Å². The number of nitrogens with zero attached hydrogens (tertiary/aromatic N) is 2. The highest BCUT2D eigenvalue weighted by Crippen LogP contribution is 2.48. The fourth-order valence-corrected chi connectivity index (χ4v) is 5.93. The minimum absolute atomic E-state index is 0.318. The second-order valence-corrected chi connectivity index (χ2v) is 9.33. The molecule has 0 spiro atoms. The summed E-state index contributed by atoms with van der Waals surface area (Å²) in [6, 6.07) is 3.85. The number of nitrogens with two attached hydrogens (primary N) is 1. The fraction of sp³-hybridized carbons (Fsp3) is 0.739. The molecule has 2 fully saturated rings. The smallest absolute Gasteiger partial charge is 0.267 e. The van der Waals surface area contributed by atoms with Crippen molar-refractivity contribution in [2.75, 3.05) is 27.2 Å². The molecule has 1 aromatic heterocycles. The number of methoxy groups -OCH3 is 1. The van der Waals surface area contributed by atoms with Crippen LogP contribution in [0.25, 0.3) is 0 Å². The number of pyridine rings is 1. The first-order valence-corrected chi connectivity index (χ1v) is 10.9. The van der Waals surface area contributed by atoms with E-state index in [1.807, 2.05) is 19.2 Å². The Balaban J connectivity index is 1.83. The highest BCUT2D eigenvalue weighted by atomic mass is 16.5. The Kier molecular flexibility index (Phi) is 6.77. The van der Waals surface area contributed by atoms with Crippen LogP contribution in [-0.2, 0) is 10.3 Å². The van der Waals surface area contributed by atoms with Crippen LogP contribution >= 0.6 is 0 Å². The largest absolute Gasteiger partial charge is 0.373 e. The van der Waals surface area contributed by atoms with Crippen LogP contribution in [0.5, 0.6) is 0 Å². The third kappa shape index (κ3) is 4.25. The minimum Gasteiger partial charge on any atom is -0.373 e. The number of carbonyl (C=O) groups excluding carboxylic acids is 1. The van der Waals surface area contributed by atoms with E-state index in [1.165, 1.54) is 25.7 Å². The van der Waals surface area contributed by atoms with Crippen molar-refractivity contribution in [2.24, 2.45) is 29.4 Å². The number of carbonyl (C=O) groups is 1. The molecule has 5 atom stereocenters. The van der Waals surface area contributed by atoms with Crippen LogP contribution in [0.1, 0.15) is 68.4 Å². The van der Waals surface area contributed by atoms with Gasteiger partial charge in [0.1, 0.15) is 5.69 Å². The van der Waals surface area contributed by atoms with Gasteiger partial charge in [-0.1, -0.05) is 26.7 Å². The Hall–Kier alpha value is -1.46. The van der Waals surface area contributed by atoms with Crippen molar-refractivity contribution in [3.05, 3.63) is 29.6 Å². The Morgan fingerprint density at radius 1 is 1.29 bits per heavy atom. The van der Waals surface area contributed by atoms with E-state index in [-0.39, 0.29) is 0 Å². The molecule has 1 amide bonds. The first kappa shape index (κ1) is 21.3.